The zero-order valence-electron chi connectivity index (χ0n) is 23.5. The minimum Gasteiger partial charge on any atom is -0.493 e. The number of aromatic nitrogens is 2. The van der Waals surface area contributed by atoms with Crippen LogP contribution in [0, 0.1) is 0 Å². The van der Waals surface area contributed by atoms with Gasteiger partial charge < -0.3 is 24.6 Å². The number of anilines is 1. The van der Waals surface area contributed by atoms with Crippen molar-refractivity contribution in [1.29, 1.82) is 0 Å². The maximum Gasteiger partial charge on any atom is 0.274 e. The van der Waals surface area contributed by atoms with Crippen molar-refractivity contribution in [2.45, 2.75) is 51.1 Å². The smallest absolute Gasteiger partial charge is 0.274 e. The van der Waals surface area contributed by atoms with Crippen LogP contribution in [0.15, 0.2) is 48.5 Å². The van der Waals surface area contributed by atoms with Crippen molar-refractivity contribution < 1.29 is 23.9 Å². The summed E-state index contributed by atoms with van der Waals surface area (Å²) in [6.07, 6.45) is 2.82. The lowest BCUT2D eigenvalue weighted by Gasteiger charge is -2.30. The fourth-order valence-corrected chi connectivity index (χ4v) is 6.37. The second-order valence-corrected chi connectivity index (χ2v) is 10.8. The minimum atomic E-state index is -0.214. The van der Waals surface area contributed by atoms with Crippen molar-refractivity contribution in [3.63, 3.8) is 0 Å². The summed E-state index contributed by atoms with van der Waals surface area (Å²) in [7, 11) is 1.63. The third-order valence-corrected chi connectivity index (χ3v) is 8.32. The monoisotopic (exact) mass is 557 g/mol. The van der Waals surface area contributed by atoms with Gasteiger partial charge in [-0.05, 0) is 55.0 Å². The molecule has 41 heavy (non-hydrogen) atoms. The van der Waals surface area contributed by atoms with E-state index in [0.29, 0.717) is 62.8 Å². The van der Waals surface area contributed by atoms with Crippen molar-refractivity contribution in [2.24, 2.45) is 0 Å². The zero-order valence-corrected chi connectivity index (χ0v) is 23.5. The largest absolute Gasteiger partial charge is 0.493 e. The summed E-state index contributed by atoms with van der Waals surface area (Å²) in [4.78, 5) is 42.9. The number of benzene rings is 2. The van der Waals surface area contributed by atoms with Crippen LogP contribution >= 0.6 is 0 Å². The highest BCUT2D eigenvalue weighted by Crippen LogP contribution is 2.44. The molecule has 2 aromatic carbocycles. The average Bonchev–Trinajstić information content (AvgIpc) is 3.54. The van der Waals surface area contributed by atoms with Crippen LogP contribution in [0.2, 0.25) is 0 Å². The van der Waals surface area contributed by atoms with Crippen LogP contribution in [0.25, 0.3) is 0 Å². The Morgan fingerprint density at radius 3 is 2.73 bits per heavy atom. The molecule has 10 nitrogen and oxygen atoms in total. The number of para-hydroxylation sites is 1. The molecule has 1 N–H and O–H groups in total. The molecule has 6 rings (SSSR count). The fourth-order valence-electron chi connectivity index (χ4n) is 6.37. The van der Waals surface area contributed by atoms with Crippen LogP contribution in [-0.4, -0.2) is 71.8 Å². The number of methoxy groups -OCH3 is 1. The molecule has 0 fully saturated rings. The van der Waals surface area contributed by atoms with E-state index < -0.39 is 0 Å². The van der Waals surface area contributed by atoms with Crippen molar-refractivity contribution in [3.05, 3.63) is 71.0 Å². The third kappa shape index (κ3) is 5.14. The Bertz CT molecular complexity index is 1480. The van der Waals surface area contributed by atoms with Gasteiger partial charge in [0.05, 0.1) is 20.3 Å². The quantitative estimate of drug-likeness (QED) is 0.518. The molecule has 214 valence electrons. The number of hydrogen-bond acceptors (Lipinski definition) is 6. The number of ether oxygens (including phenoxy) is 2. The molecule has 3 aliphatic rings. The van der Waals surface area contributed by atoms with E-state index >= 15 is 0 Å². The molecule has 0 unspecified atom stereocenters. The first-order valence-electron chi connectivity index (χ1n) is 14.3. The first kappa shape index (κ1) is 26.9. The van der Waals surface area contributed by atoms with Crippen LogP contribution < -0.4 is 19.7 Å². The molecule has 0 spiro atoms. The number of hydrogen-bond donors (Lipinski definition) is 1. The van der Waals surface area contributed by atoms with Crippen molar-refractivity contribution in [1.82, 2.24) is 20.0 Å². The number of carbonyl (C=O) groups is 3. The zero-order chi connectivity index (χ0) is 28.5. The van der Waals surface area contributed by atoms with Crippen molar-refractivity contribution >= 4 is 23.4 Å². The van der Waals surface area contributed by atoms with E-state index in [4.69, 9.17) is 9.47 Å². The summed E-state index contributed by atoms with van der Waals surface area (Å²) in [5.74, 6) is 0.963. The van der Waals surface area contributed by atoms with Gasteiger partial charge in [0.25, 0.3) is 11.8 Å². The van der Waals surface area contributed by atoms with Gasteiger partial charge in [0.2, 0.25) is 5.91 Å². The van der Waals surface area contributed by atoms with Crippen molar-refractivity contribution in [2.75, 3.05) is 38.3 Å². The van der Waals surface area contributed by atoms with Gasteiger partial charge in [0.1, 0.15) is 5.69 Å². The summed E-state index contributed by atoms with van der Waals surface area (Å²) in [5.41, 5.74) is 3.79. The first-order chi connectivity index (χ1) is 19.9. The highest BCUT2D eigenvalue weighted by Gasteiger charge is 2.40. The Kier molecular flexibility index (Phi) is 7.38. The van der Waals surface area contributed by atoms with Crippen LogP contribution in [0.5, 0.6) is 11.5 Å². The van der Waals surface area contributed by atoms with Crippen LogP contribution in [-0.2, 0) is 17.8 Å². The maximum absolute atomic E-state index is 13.8. The number of fused-ring (bicyclic) bond motifs is 6. The molecule has 0 saturated carbocycles. The van der Waals surface area contributed by atoms with E-state index in [1.165, 1.54) is 0 Å². The van der Waals surface area contributed by atoms with Gasteiger partial charge in [-0.1, -0.05) is 24.3 Å². The number of amides is 3. The topological polar surface area (TPSA) is 106 Å². The maximum atomic E-state index is 13.8. The van der Waals surface area contributed by atoms with Gasteiger partial charge in [0.15, 0.2) is 17.2 Å². The lowest BCUT2D eigenvalue weighted by atomic mass is 9.87. The Hall–Kier alpha value is -4.34. The average molecular weight is 558 g/mol. The normalized spacial score (nSPS) is 20.6. The van der Waals surface area contributed by atoms with E-state index in [2.05, 4.69) is 16.5 Å². The lowest BCUT2D eigenvalue weighted by Crippen LogP contribution is -2.41. The predicted molar refractivity (Wildman–Crippen MR) is 153 cm³/mol. The van der Waals surface area contributed by atoms with E-state index in [1.807, 2.05) is 46.2 Å². The Morgan fingerprint density at radius 1 is 1.07 bits per heavy atom. The van der Waals surface area contributed by atoms with Crippen LogP contribution in [0.4, 0.5) is 5.69 Å². The summed E-state index contributed by atoms with van der Waals surface area (Å²) in [6, 6.07) is 15.5. The summed E-state index contributed by atoms with van der Waals surface area (Å²) in [5, 5.41) is 7.29. The van der Waals surface area contributed by atoms with Crippen LogP contribution in [0.1, 0.15) is 64.2 Å². The third-order valence-electron chi connectivity index (χ3n) is 8.32. The molecule has 2 atom stereocenters. The molecular formula is C31H35N5O5. The minimum absolute atomic E-state index is 0.00847. The number of rotatable bonds is 2. The highest BCUT2D eigenvalue weighted by atomic mass is 16.5. The standard InChI is InChI=1S/C31H35N5O5/c1-20(37)36-25-8-4-3-7-22(25)23-11-14-34(31(39)24-19-27-30(38)32-12-15-35(27)33-24)13-5-6-16-41-29-18-21(17-26(23)36)9-10-28(29)40-2/h3-4,7-10,18-19,23,26H,5-6,11-17H2,1-2H3,(H,32,38)/t23-,26-/m1/s1. The molecular weight excluding hydrogens is 522 g/mol. The van der Waals surface area contributed by atoms with Crippen LogP contribution in [0.3, 0.4) is 0 Å². The molecule has 1 aromatic heterocycles. The lowest BCUT2D eigenvalue weighted by molar-refractivity contribution is -0.117. The van der Waals surface area contributed by atoms with Gasteiger partial charge in [0, 0.05) is 50.3 Å². The van der Waals surface area contributed by atoms with Gasteiger partial charge in [-0.15, -0.1) is 0 Å². The van der Waals surface area contributed by atoms with E-state index in [0.717, 1.165) is 29.7 Å². The van der Waals surface area contributed by atoms with E-state index in [-0.39, 0.29) is 35.4 Å². The second kappa shape index (κ2) is 11.3. The number of carbonyl (C=O) groups excluding carboxylic acids is 3. The molecule has 0 saturated heterocycles. The van der Waals surface area contributed by atoms with E-state index in [1.54, 1.807) is 24.8 Å². The van der Waals surface area contributed by atoms with Gasteiger partial charge in [-0.3, -0.25) is 19.1 Å². The molecule has 4 heterocycles. The molecule has 10 heteroatoms. The van der Waals surface area contributed by atoms with Crippen molar-refractivity contribution in [3.8, 4) is 11.5 Å². The molecule has 3 amide bonds. The molecule has 0 aliphatic carbocycles. The SMILES string of the molecule is COc1ccc2cc1OCCCCN(C(=O)c1cc3n(n1)CCNC3=O)CC[C@@H]1c3ccccc3N(C(C)=O)[C@@H]1C2. The molecule has 3 aromatic rings. The Balaban J connectivity index is 1.34. The first-order valence-corrected chi connectivity index (χ1v) is 14.3. The fraction of sp³-hybridized carbons (Fsp3) is 0.419. The summed E-state index contributed by atoms with van der Waals surface area (Å²) < 4.78 is 13.3. The summed E-state index contributed by atoms with van der Waals surface area (Å²) >= 11 is 0. The molecule has 2 bridgehead atoms. The van der Waals surface area contributed by atoms with Gasteiger partial charge in [-0.25, -0.2) is 0 Å². The number of nitrogens with zero attached hydrogens (tertiary/aromatic N) is 4. The number of nitrogens with one attached hydrogen (secondary N) is 1. The second-order valence-electron chi connectivity index (χ2n) is 10.8. The highest BCUT2D eigenvalue weighted by molar-refractivity contribution is 5.98. The van der Waals surface area contributed by atoms with Gasteiger partial charge in [-0.2, -0.15) is 5.10 Å². The predicted octanol–water partition coefficient (Wildman–Crippen LogP) is 3.40. The van der Waals surface area contributed by atoms with E-state index in [9.17, 15) is 14.4 Å². The molecule has 0 radical (unpaired) electrons. The summed E-state index contributed by atoms with van der Waals surface area (Å²) in [6.45, 7) is 4.16. The van der Waals surface area contributed by atoms with Gasteiger partial charge >= 0.3 is 0 Å². The Labute approximate surface area is 239 Å². The Morgan fingerprint density at radius 2 is 1.93 bits per heavy atom. The molecule has 3 aliphatic heterocycles.